The molecule has 0 aromatic carbocycles. The summed E-state index contributed by atoms with van der Waals surface area (Å²) in [5.41, 5.74) is -2.10. The lowest BCUT2D eigenvalue weighted by Crippen LogP contribution is -2.65. The zero-order valence-corrected chi connectivity index (χ0v) is 15.3. The molecule has 3 heterocycles. The second kappa shape index (κ2) is 6.29. The first-order chi connectivity index (χ1) is 12.5. The molecule has 1 N–H and O–H groups in total. The number of carboxylic acids is 1. The van der Waals surface area contributed by atoms with Crippen LogP contribution in [0.5, 0.6) is 0 Å². The number of rotatable bonds is 4. The number of nitriles is 1. The average molecular weight is 382 g/mol. The lowest BCUT2D eigenvalue weighted by Gasteiger charge is -2.56. The fourth-order valence-corrected chi connectivity index (χ4v) is 3.73. The smallest absolute Gasteiger partial charge is 0.417 e. The summed E-state index contributed by atoms with van der Waals surface area (Å²) in [6.07, 6.45) is -3.91. The van der Waals surface area contributed by atoms with Crippen molar-refractivity contribution in [2.75, 3.05) is 22.9 Å². The van der Waals surface area contributed by atoms with Crippen molar-refractivity contribution in [1.29, 1.82) is 5.26 Å². The van der Waals surface area contributed by atoms with Crippen LogP contribution in [0.4, 0.5) is 24.8 Å². The summed E-state index contributed by atoms with van der Waals surface area (Å²) in [5, 5.41) is 18.4. The molecule has 2 saturated heterocycles. The van der Waals surface area contributed by atoms with E-state index in [1.54, 1.807) is 29.7 Å². The quantitative estimate of drug-likeness (QED) is 0.861. The second-order valence-electron chi connectivity index (χ2n) is 7.73. The van der Waals surface area contributed by atoms with Crippen LogP contribution in [0.15, 0.2) is 6.07 Å². The third-order valence-corrected chi connectivity index (χ3v) is 5.79. The van der Waals surface area contributed by atoms with Crippen LogP contribution in [-0.4, -0.2) is 40.7 Å². The Kier molecular flexibility index (Phi) is 4.49. The molecule has 146 valence electrons. The van der Waals surface area contributed by atoms with E-state index in [2.05, 4.69) is 4.98 Å². The van der Waals surface area contributed by atoms with E-state index in [0.29, 0.717) is 13.1 Å². The molecule has 0 saturated carbocycles. The number of halogens is 3. The summed E-state index contributed by atoms with van der Waals surface area (Å²) in [6, 6.07) is 2.60. The summed E-state index contributed by atoms with van der Waals surface area (Å²) in [4.78, 5) is 18.8. The van der Waals surface area contributed by atoms with Gasteiger partial charge in [0.15, 0.2) is 0 Å². The Labute approximate surface area is 155 Å². The maximum atomic E-state index is 13.6. The van der Waals surface area contributed by atoms with Gasteiger partial charge in [0.1, 0.15) is 23.3 Å². The Bertz CT molecular complexity index is 816. The van der Waals surface area contributed by atoms with Crippen LogP contribution in [0, 0.1) is 17.2 Å². The summed E-state index contributed by atoms with van der Waals surface area (Å²) < 4.78 is 40.8. The minimum atomic E-state index is -4.68. The number of alkyl halides is 3. The number of carbonyl (C=O) groups is 1. The van der Waals surface area contributed by atoms with Gasteiger partial charge in [0, 0.05) is 30.6 Å². The van der Waals surface area contributed by atoms with Crippen LogP contribution in [0.25, 0.3) is 0 Å². The van der Waals surface area contributed by atoms with E-state index in [1.165, 1.54) is 0 Å². The molecule has 2 unspecified atom stereocenters. The highest BCUT2D eigenvalue weighted by molar-refractivity contribution is 5.69. The fraction of sp³-hybridized carbons (Fsp3) is 0.611. The summed E-state index contributed by atoms with van der Waals surface area (Å²) >= 11 is 0. The first kappa shape index (κ1) is 19.3. The SMILES string of the molecule is CC1CCN1c1nc(N2CC(CC(=O)O)C2(C)C)cc(C(F)(F)F)c1C#N. The molecule has 1 aromatic rings. The van der Waals surface area contributed by atoms with Crippen LogP contribution >= 0.6 is 0 Å². The molecule has 2 aliphatic rings. The van der Waals surface area contributed by atoms with Gasteiger partial charge in [0.25, 0.3) is 0 Å². The number of hydrogen-bond acceptors (Lipinski definition) is 5. The van der Waals surface area contributed by atoms with Gasteiger partial charge in [-0.3, -0.25) is 4.79 Å². The topological polar surface area (TPSA) is 80.5 Å². The summed E-state index contributed by atoms with van der Waals surface area (Å²) in [6.45, 7) is 6.33. The van der Waals surface area contributed by atoms with E-state index in [9.17, 15) is 23.2 Å². The number of hydrogen-bond donors (Lipinski definition) is 1. The first-order valence-corrected chi connectivity index (χ1v) is 8.75. The van der Waals surface area contributed by atoms with Crippen molar-refractivity contribution in [2.45, 2.75) is 51.4 Å². The molecule has 2 atom stereocenters. The largest absolute Gasteiger partial charge is 0.481 e. The number of aromatic nitrogens is 1. The number of anilines is 2. The predicted octanol–water partition coefficient (Wildman–Crippen LogP) is 3.26. The highest BCUT2D eigenvalue weighted by Crippen LogP contribution is 2.45. The van der Waals surface area contributed by atoms with Crippen molar-refractivity contribution in [1.82, 2.24) is 4.98 Å². The predicted molar refractivity (Wildman–Crippen MR) is 92.5 cm³/mol. The lowest BCUT2D eigenvalue weighted by atomic mass is 9.75. The van der Waals surface area contributed by atoms with Crippen LogP contribution < -0.4 is 9.80 Å². The van der Waals surface area contributed by atoms with Crippen LogP contribution in [0.3, 0.4) is 0 Å². The highest BCUT2D eigenvalue weighted by Gasteiger charge is 2.49. The fourth-order valence-electron chi connectivity index (χ4n) is 3.73. The van der Waals surface area contributed by atoms with Gasteiger partial charge in [-0.15, -0.1) is 0 Å². The maximum absolute atomic E-state index is 13.6. The maximum Gasteiger partial charge on any atom is 0.417 e. The second-order valence-corrected chi connectivity index (χ2v) is 7.73. The third-order valence-electron chi connectivity index (χ3n) is 5.79. The highest BCUT2D eigenvalue weighted by atomic mass is 19.4. The van der Waals surface area contributed by atoms with E-state index in [1.807, 2.05) is 6.92 Å². The van der Waals surface area contributed by atoms with Gasteiger partial charge in [0.05, 0.1) is 12.0 Å². The van der Waals surface area contributed by atoms with Gasteiger partial charge in [-0.2, -0.15) is 18.4 Å². The van der Waals surface area contributed by atoms with Gasteiger partial charge >= 0.3 is 12.1 Å². The minimum absolute atomic E-state index is 0.0186. The molecular formula is C18H21F3N4O2. The molecule has 0 radical (unpaired) electrons. The third kappa shape index (κ3) is 3.17. The van der Waals surface area contributed by atoms with Crippen molar-refractivity contribution in [3.63, 3.8) is 0 Å². The zero-order chi connectivity index (χ0) is 20.1. The van der Waals surface area contributed by atoms with Crippen molar-refractivity contribution in [2.24, 2.45) is 5.92 Å². The molecule has 2 fully saturated rings. The van der Waals surface area contributed by atoms with Crippen molar-refractivity contribution in [3.8, 4) is 6.07 Å². The number of nitrogens with zero attached hydrogens (tertiary/aromatic N) is 4. The Morgan fingerprint density at radius 1 is 1.48 bits per heavy atom. The molecule has 0 aliphatic carbocycles. The summed E-state index contributed by atoms with van der Waals surface area (Å²) in [5.74, 6) is -0.944. The molecule has 3 rings (SSSR count). The van der Waals surface area contributed by atoms with Crippen molar-refractivity contribution < 1.29 is 23.1 Å². The van der Waals surface area contributed by atoms with Crippen molar-refractivity contribution in [3.05, 3.63) is 17.2 Å². The Balaban J connectivity index is 2.06. The summed E-state index contributed by atoms with van der Waals surface area (Å²) in [7, 11) is 0. The molecular weight excluding hydrogens is 361 g/mol. The molecule has 0 bridgehead atoms. The van der Waals surface area contributed by atoms with E-state index in [4.69, 9.17) is 5.11 Å². The van der Waals surface area contributed by atoms with E-state index in [0.717, 1.165) is 12.5 Å². The lowest BCUT2D eigenvalue weighted by molar-refractivity contribution is -0.139. The van der Waals surface area contributed by atoms with Crippen molar-refractivity contribution >= 4 is 17.6 Å². The molecule has 9 heteroatoms. The molecule has 1 aromatic heterocycles. The normalized spacial score (nSPS) is 24.0. The van der Waals surface area contributed by atoms with E-state index in [-0.39, 0.29) is 30.0 Å². The van der Waals surface area contributed by atoms with E-state index >= 15 is 0 Å². The Morgan fingerprint density at radius 2 is 2.15 bits per heavy atom. The van der Waals surface area contributed by atoms with Crippen LogP contribution in [0.2, 0.25) is 0 Å². The van der Waals surface area contributed by atoms with Gasteiger partial charge < -0.3 is 14.9 Å². The Morgan fingerprint density at radius 3 is 2.56 bits per heavy atom. The monoisotopic (exact) mass is 382 g/mol. The van der Waals surface area contributed by atoms with Crippen LogP contribution in [-0.2, 0) is 11.0 Å². The molecule has 0 spiro atoms. The molecule has 6 nitrogen and oxygen atoms in total. The molecule has 0 amide bonds. The van der Waals surface area contributed by atoms with Gasteiger partial charge in [0.2, 0.25) is 0 Å². The Hall–Kier alpha value is -2.50. The molecule has 2 aliphatic heterocycles. The number of aliphatic carboxylic acids is 1. The van der Waals surface area contributed by atoms with E-state index < -0.39 is 28.8 Å². The first-order valence-electron chi connectivity index (χ1n) is 8.75. The van der Waals surface area contributed by atoms with Gasteiger partial charge in [-0.1, -0.05) is 0 Å². The average Bonchev–Trinajstić information content (AvgIpc) is 2.55. The van der Waals surface area contributed by atoms with Gasteiger partial charge in [-0.05, 0) is 33.3 Å². The van der Waals surface area contributed by atoms with Gasteiger partial charge in [-0.25, -0.2) is 4.98 Å². The van der Waals surface area contributed by atoms with Crippen LogP contribution in [0.1, 0.15) is 44.7 Å². The molecule has 27 heavy (non-hydrogen) atoms. The number of pyridine rings is 1. The number of carboxylic acid groups (broad SMARTS) is 1. The minimum Gasteiger partial charge on any atom is -0.481 e. The standard InChI is InChI=1S/C18H21F3N4O2/c1-10-4-5-24(10)16-12(8-22)13(18(19,20)21)7-14(23-16)25-9-11(6-15(26)27)17(25,2)3/h7,10-11H,4-6,9H2,1-3H3,(H,26,27). The zero-order valence-electron chi connectivity index (χ0n) is 15.3.